The molecule has 24 heavy (non-hydrogen) atoms. The summed E-state index contributed by atoms with van der Waals surface area (Å²) in [7, 11) is -3.34. The van der Waals surface area contributed by atoms with E-state index in [0.29, 0.717) is 18.7 Å². The maximum absolute atomic E-state index is 12.9. The Morgan fingerprint density at radius 1 is 1.33 bits per heavy atom. The Bertz CT molecular complexity index is 844. The van der Waals surface area contributed by atoms with Crippen LogP contribution in [0.4, 0.5) is 0 Å². The first-order valence-electron chi connectivity index (χ1n) is 7.95. The molecule has 1 aromatic carbocycles. The second kappa shape index (κ2) is 6.39. The second-order valence-corrected chi connectivity index (χ2v) is 8.37. The molecule has 0 aliphatic carbocycles. The van der Waals surface area contributed by atoms with Crippen molar-refractivity contribution in [1.29, 1.82) is 0 Å². The van der Waals surface area contributed by atoms with Gasteiger partial charge in [-0.1, -0.05) is 6.07 Å². The molecule has 0 saturated carbocycles. The Hall–Kier alpha value is -2.15. The van der Waals surface area contributed by atoms with E-state index in [1.165, 1.54) is 6.07 Å². The largest absolute Gasteiger partial charge is 0.338 e. The maximum atomic E-state index is 12.9. The Balaban J connectivity index is 1.86. The lowest BCUT2D eigenvalue weighted by atomic mass is 9.94. The molecule has 2 heterocycles. The van der Waals surface area contributed by atoms with Crippen LogP contribution in [-0.4, -0.2) is 48.8 Å². The van der Waals surface area contributed by atoms with Crippen molar-refractivity contribution in [3.63, 3.8) is 0 Å². The van der Waals surface area contributed by atoms with Gasteiger partial charge in [-0.05, 0) is 43.5 Å². The molecule has 2 aromatic rings. The summed E-state index contributed by atoms with van der Waals surface area (Å²) in [4.78, 5) is 14.9. The number of aromatic amines is 1. The fourth-order valence-corrected chi connectivity index (χ4v) is 3.79. The lowest BCUT2D eigenvalue weighted by molar-refractivity contribution is 0.0705. The number of rotatable bonds is 3. The van der Waals surface area contributed by atoms with E-state index in [-0.39, 0.29) is 16.7 Å². The van der Waals surface area contributed by atoms with Gasteiger partial charge in [0, 0.05) is 42.7 Å². The Kier molecular flexibility index (Phi) is 4.45. The van der Waals surface area contributed by atoms with Gasteiger partial charge in [0.1, 0.15) is 0 Å². The molecular weight excluding hydrogens is 326 g/mol. The van der Waals surface area contributed by atoms with Crippen molar-refractivity contribution in [1.82, 2.24) is 15.1 Å². The molecule has 1 aliphatic heterocycles. The van der Waals surface area contributed by atoms with E-state index in [9.17, 15) is 13.2 Å². The molecule has 1 saturated heterocycles. The minimum absolute atomic E-state index is 0.109. The van der Waals surface area contributed by atoms with Gasteiger partial charge in [-0.25, -0.2) is 8.42 Å². The zero-order valence-electron chi connectivity index (χ0n) is 13.8. The molecular formula is C17H21N3O3S. The topological polar surface area (TPSA) is 83.1 Å². The fraction of sp³-hybridized carbons (Fsp3) is 0.412. The molecule has 0 radical (unpaired) electrons. The van der Waals surface area contributed by atoms with Crippen molar-refractivity contribution in [3.8, 4) is 0 Å². The first kappa shape index (κ1) is 16.7. The summed E-state index contributed by atoms with van der Waals surface area (Å²) in [6.07, 6.45) is 4.80. The van der Waals surface area contributed by atoms with Crippen molar-refractivity contribution in [2.24, 2.45) is 0 Å². The number of benzene rings is 1. The Morgan fingerprint density at radius 3 is 2.79 bits per heavy atom. The monoisotopic (exact) mass is 347 g/mol. The van der Waals surface area contributed by atoms with Gasteiger partial charge >= 0.3 is 0 Å². The van der Waals surface area contributed by atoms with Crippen molar-refractivity contribution < 1.29 is 13.2 Å². The number of likely N-dealkylation sites (tertiary alicyclic amines) is 1. The van der Waals surface area contributed by atoms with Gasteiger partial charge in [0.05, 0.1) is 4.90 Å². The highest BCUT2D eigenvalue weighted by Gasteiger charge is 2.27. The lowest BCUT2D eigenvalue weighted by Gasteiger charge is -2.32. The van der Waals surface area contributed by atoms with E-state index in [2.05, 4.69) is 10.2 Å². The predicted octanol–water partition coefficient (Wildman–Crippen LogP) is 2.14. The number of nitrogens with zero attached hydrogens (tertiary/aromatic N) is 2. The van der Waals surface area contributed by atoms with Gasteiger partial charge in [-0.2, -0.15) is 5.10 Å². The smallest absolute Gasteiger partial charge is 0.254 e. The van der Waals surface area contributed by atoms with Gasteiger partial charge < -0.3 is 4.90 Å². The summed E-state index contributed by atoms with van der Waals surface area (Å²) < 4.78 is 23.5. The molecule has 1 atom stereocenters. The molecule has 1 amide bonds. The number of carbonyl (C=O) groups is 1. The number of hydrogen-bond donors (Lipinski definition) is 1. The number of nitrogens with one attached hydrogen (secondary N) is 1. The van der Waals surface area contributed by atoms with Crippen molar-refractivity contribution in [3.05, 3.63) is 47.3 Å². The summed E-state index contributed by atoms with van der Waals surface area (Å²) in [5.74, 6) is 0.130. The average molecular weight is 347 g/mol. The van der Waals surface area contributed by atoms with Crippen LogP contribution < -0.4 is 0 Å². The maximum Gasteiger partial charge on any atom is 0.254 e. The molecule has 0 bridgehead atoms. The summed E-state index contributed by atoms with van der Waals surface area (Å²) in [6, 6.07) is 6.67. The first-order valence-corrected chi connectivity index (χ1v) is 9.84. The van der Waals surface area contributed by atoms with E-state index in [4.69, 9.17) is 0 Å². The molecule has 6 nitrogen and oxygen atoms in total. The van der Waals surface area contributed by atoms with Crippen LogP contribution in [0.1, 0.15) is 40.4 Å². The number of H-pyrrole nitrogens is 1. The summed E-state index contributed by atoms with van der Waals surface area (Å²) >= 11 is 0. The second-order valence-electron chi connectivity index (χ2n) is 6.35. The highest BCUT2D eigenvalue weighted by atomic mass is 32.2. The highest BCUT2D eigenvalue weighted by Crippen LogP contribution is 2.27. The third-order valence-corrected chi connectivity index (χ3v) is 5.65. The molecule has 1 aliphatic rings. The standard InChI is InChI=1S/C17H21N3O3S/c1-12-5-6-14(24(2,22)23)10-15(12)17(21)20-9-3-4-13(11-20)16-7-8-18-19-16/h5-8,10,13H,3-4,9,11H2,1-2H3,(H,18,19)/t13-/m0/s1. The zero-order chi connectivity index (χ0) is 17.3. The lowest BCUT2D eigenvalue weighted by Crippen LogP contribution is -2.39. The van der Waals surface area contributed by atoms with E-state index in [0.717, 1.165) is 30.4 Å². The third kappa shape index (κ3) is 3.36. The molecule has 0 unspecified atom stereocenters. The van der Waals surface area contributed by atoms with Crippen molar-refractivity contribution in [2.75, 3.05) is 19.3 Å². The number of sulfone groups is 1. The number of hydrogen-bond acceptors (Lipinski definition) is 4. The molecule has 1 aromatic heterocycles. The minimum Gasteiger partial charge on any atom is -0.338 e. The van der Waals surface area contributed by atoms with Crippen LogP contribution >= 0.6 is 0 Å². The van der Waals surface area contributed by atoms with Crippen LogP contribution in [0.5, 0.6) is 0 Å². The average Bonchev–Trinajstić information content (AvgIpc) is 3.08. The van der Waals surface area contributed by atoms with Gasteiger partial charge in [0.2, 0.25) is 0 Å². The van der Waals surface area contributed by atoms with Gasteiger partial charge in [-0.15, -0.1) is 0 Å². The predicted molar refractivity (Wildman–Crippen MR) is 90.8 cm³/mol. The molecule has 1 N–H and O–H groups in total. The number of carbonyl (C=O) groups excluding carboxylic acids is 1. The summed E-state index contributed by atoms with van der Waals surface area (Å²) in [6.45, 7) is 3.13. The molecule has 3 rings (SSSR count). The fourth-order valence-electron chi connectivity index (χ4n) is 3.14. The van der Waals surface area contributed by atoms with Gasteiger partial charge in [0.15, 0.2) is 9.84 Å². The summed E-state index contributed by atoms with van der Waals surface area (Å²) in [5.41, 5.74) is 2.29. The minimum atomic E-state index is -3.34. The number of amides is 1. The molecule has 7 heteroatoms. The van der Waals surface area contributed by atoms with Crippen molar-refractivity contribution >= 4 is 15.7 Å². The van der Waals surface area contributed by atoms with Crippen molar-refractivity contribution in [2.45, 2.75) is 30.6 Å². The highest BCUT2D eigenvalue weighted by molar-refractivity contribution is 7.90. The van der Waals surface area contributed by atoms with Crippen LogP contribution in [0.25, 0.3) is 0 Å². The molecule has 1 fully saturated rings. The number of aryl methyl sites for hydroxylation is 1. The summed E-state index contributed by atoms with van der Waals surface area (Å²) in [5, 5.41) is 6.96. The van der Waals surface area contributed by atoms with Crippen LogP contribution in [-0.2, 0) is 9.84 Å². The molecule has 128 valence electrons. The van der Waals surface area contributed by atoms with Crippen LogP contribution in [0.15, 0.2) is 35.4 Å². The Morgan fingerprint density at radius 2 is 2.12 bits per heavy atom. The quantitative estimate of drug-likeness (QED) is 0.922. The van der Waals surface area contributed by atoms with Crippen LogP contribution in [0, 0.1) is 6.92 Å². The molecule has 0 spiro atoms. The third-order valence-electron chi connectivity index (χ3n) is 4.54. The number of aromatic nitrogens is 2. The first-order chi connectivity index (χ1) is 11.4. The van der Waals surface area contributed by atoms with E-state index in [1.807, 2.05) is 17.9 Å². The SMILES string of the molecule is Cc1ccc(S(C)(=O)=O)cc1C(=O)N1CCC[C@H](c2ccn[nH]2)C1. The van der Waals surface area contributed by atoms with E-state index in [1.54, 1.807) is 18.3 Å². The van der Waals surface area contributed by atoms with Gasteiger partial charge in [-0.3, -0.25) is 9.89 Å². The zero-order valence-corrected chi connectivity index (χ0v) is 14.6. The Labute approximate surface area is 141 Å². The van der Waals surface area contributed by atoms with Gasteiger partial charge in [0.25, 0.3) is 5.91 Å². The van der Waals surface area contributed by atoms with Crippen LogP contribution in [0.3, 0.4) is 0 Å². The number of piperidine rings is 1. The van der Waals surface area contributed by atoms with Crippen LogP contribution in [0.2, 0.25) is 0 Å². The normalized spacial score (nSPS) is 18.6. The van der Waals surface area contributed by atoms with E-state index >= 15 is 0 Å². The van der Waals surface area contributed by atoms with E-state index < -0.39 is 9.84 Å².